The van der Waals surface area contributed by atoms with E-state index in [0.29, 0.717) is 6.42 Å². The Labute approximate surface area is 91.8 Å². The lowest BCUT2D eigenvalue weighted by molar-refractivity contribution is 0.520. The van der Waals surface area contributed by atoms with Crippen LogP contribution < -0.4 is 0 Å². The second-order valence-electron chi connectivity index (χ2n) is 3.83. The fourth-order valence-electron chi connectivity index (χ4n) is 1.18. The summed E-state index contributed by atoms with van der Waals surface area (Å²) in [6.45, 7) is 2.01. The Hall–Kier alpha value is -0.870. The van der Waals surface area contributed by atoms with Gasteiger partial charge in [0.15, 0.2) is 0 Å². The number of sulfonamides is 1. The first-order valence-electron chi connectivity index (χ1n) is 4.87. The molecule has 1 rings (SSSR count). The van der Waals surface area contributed by atoms with Crippen LogP contribution in [0.15, 0.2) is 24.3 Å². The van der Waals surface area contributed by atoms with E-state index in [-0.39, 0.29) is 5.75 Å². The van der Waals surface area contributed by atoms with Gasteiger partial charge in [0.2, 0.25) is 10.0 Å². The Balaban J connectivity index is 2.62. The van der Waals surface area contributed by atoms with Crippen LogP contribution in [-0.2, 0) is 16.4 Å². The Morgan fingerprint density at radius 3 is 2.13 bits per heavy atom. The Bertz CT molecular complexity index is 407. The minimum absolute atomic E-state index is 0.170. The molecule has 0 spiro atoms. The van der Waals surface area contributed by atoms with Gasteiger partial charge in [0.1, 0.15) is 0 Å². The topological polar surface area (TPSA) is 37.4 Å². The number of benzene rings is 1. The molecule has 0 amide bonds. The molecule has 0 bridgehead atoms. The molecule has 3 nitrogen and oxygen atoms in total. The lowest BCUT2D eigenvalue weighted by atomic mass is 10.1. The molecule has 0 N–H and O–H groups in total. The Morgan fingerprint density at radius 2 is 1.67 bits per heavy atom. The summed E-state index contributed by atoms with van der Waals surface area (Å²) >= 11 is 0. The molecule has 1 aromatic rings. The molecule has 0 saturated carbocycles. The van der Waals surface area contributed by atoms with Gasteiger partial charge < -0.3 is 0 Å². The van der Waals surface area contributed by atoms with E-state index in [1.165, 1.54) is 9.87 Å². The number of hydrogen-bond donors (Lipinski definition) is 0. The van der Waals surface area contributed by atoms with Crippen molar-refractivity contribution in [3.63, 3.8) is 0 Å². The number of aryl methyl sites for hydroxylation is 2. The van der Waals surface area contributed by atoms with Gasteiger partial charge in [-0.1, -0.05) is 29.8 Å². The van der Waals surface area contributed by atoms with E-state index in [2.05, 4.69) is 0 Å². The monoisotopic (exact) mass is 227 g/mol. The molecule has 0 aliphatic carbocycles. The summed E-state index contributed by atoms with van der Waals surface area (Å²) < 4.78 is 24.3. The highest BCUT2D eigenvalue weighted by molar-refractivity contribution is 7.89. The average molecular weight is 227 g/mol. The standard InChI is InChI=1S/C11H17NO2S/c1-10-4-6-11(7-5-10)8-9-15(13,14)12(2)3/h4-7H,8-9H2,1-3H3. The first kappa shape index (κ1) is 12.2. The molecule has 15 heavy (non-hydrogen) atoms. The zero-order valence-electron chi connectivity index (χ0n) is 9.40. The molecule has 1 aromatic carbocycles. The van der Waals surface area contributed by atoms with E-state index in [0.717, 1.165) is 5.56 Å². The van der Waals surface area contributed by atoms with Crippen molar-refractivity contribution < 1.29 is 8.42 Å². The molecule has 84 valence electrons. The average Bonchev–Trinajstić information content (AvgIpc) is 2.17. The Kier molecular flexibility index (Phi) is 3.88. The lowest BCUT2D eigenvalue weighted by Crippen LogP contribution is -2.25. The minimum atomic E-state index is -3.07. The highest BCUT2D eigenvalue weighted by Crippen LogP contribution is 2.06. The van der Waals surface area contributed by atoms with Crippen molar-refractivity contribution in [2.45, 2.75) is 13.3 Å². The summed E-state index contributed by atoms with van der Waals surface area (Å²) in [5, 5.41) is 0. The molecule has 0 atom stereocenters. The van der Waals surface area contributed by atoms with E-state index >= 15 is 0 Å². The van der Waals surface area contributed by atoms with Gasteiger partial charge in [-0.05, 0) is 18.9 Å². The second-order valence-corrected chi connectivity index (χ2v) is 6.14. The first-order valence-corrected chi connectivity index (χ1v) is 6.48. The van der Waals surface area contributed by atoms with Crippen LogP contribution in [0, 0.1) is 6.92 Å². The normalized spacial score (nSPS) is 12.0. The number of hydrogen-bond acceptors (Lipinski definition) is 2. The third-order valence-corrected chi connectivity index (χ3v) is 4.16. The third-order valence-electron chi connectivity index (χ3n) is 2.33. The first-order chi connectivity index (χ1) is 6.92. The van der Waals surface area contributed by atoms with Gasteiger partial charge in [0, 0.05) is 14.1 Å². The van der Waals surface area contributed by atoms with Crippen LogP contribution in [0.4, 0.5) is 0 Å². The maximum Gasteiger partial charge on any atom is 0.213 e. The molecule has 0 aliphatic heterocycles. The summed E-state index contributed by atoms with van der Waals surface area (Å²) in [6, 6.07) is 7.94. The molecule has 0 heterocycles. The SMILES string of the molecule is Cc1ccc(CCS(=O)(=O)N(C)C)cc1. The van der Waals surface area contributed by atoms with Crippen molar-refractivity contribution in [3.8, 4) is 0 Å². The highest BCUT2D eigenvalue weighted by Gasteiger charge is 2.12. The maximum absolute atomic E-state index is 11.5. The zero-order valence-corrected chi connectivity index (χ0v) is 10.2. The van der Waals surface area contributed by atoms with Crippen LogP contribution in [0.2, 0.25) is 0 Å². The zero-order chi connectivity index (χ0) is 11.5. The molecule has 0 aromatic heterocycles. The molecular formula is C11H17NO2S. The summed E-state index contributed by atoms with van der Waals surface area (Å²) in [7, 11) is 0.0468. The predicted molar refractivity (Wildman–Crippen MR) is 62.4 cm³/mol. The summed E-state index contributed by atoms with van der Waals surface area (Å²) in [5.74, 6) is 0.170. The van der Waals surface area contributed by atoms with Gasteiger partial charge in [-0.2, -0.15) is 0 Å². The molecule has 0 aliphatic rings. The quantitative estimate of drug-likeness (QED) is 0.780. The highest BCUT2D eigenvalue weighted by atomic mass is 32.2. The van der Waals surface area contributed by atoms with Crippen molar-refractivity contribution in [2.75, 3.05) is 19.8 Å². The van der Waals surface area contributed by atoms with Gasteiger partial charge in [-0.25, -0.2) is 12.7 Å². The minimum Gasteiger partial charge on any atom is -0.212 e. The van der Waals surface area contributed by atoms with Crippen LogP contribution in [0.5, 0.6) is 0 Å². The van der Waals surface area contributed by atoms with Gasteiger partial charge >= 0.3 is 0 Å². The number of rotatable bonds is 4. The van der Waals surface area contributed by atoms with E-state index in [9.17, 15) is 8.42 Å². The fraction of sp³-hybridized carbons (Fsp3) is 0.455. The smallest absolute Gasteiger partial charge is 0.212 e. The predicted octanol–water partition coefficient (Wildman–Crippen LogP) is 1.43. The van der Waals surface area contributed by atoms with Crippen molar-refractivity contribution in [1.82, 2.24) is 4.31 Å². The van der Waals surface area contributed by atoms with E-state index in [1.807, 2.05) is 31.2 Å². The summed E-state index contributed by atoms with van der Waals surface area (Å²) in [5.41, 5.74) is 2.25. The van der Waals surface area contributed by atoms with Crippen LogP contribution >= 0.6 is 0 Å². The Morgan fingerprint density at radius 1 is 1.13 bits per heavy atom. The van der Waals surface area contributed by atoms with Crippen molar-refractivity contribution in [1.29, 1.82) is 0 Å². The van der Waals surface area contributed by atoms with E-state index in [1.54, 1.807) is 14.1 Å². The molecule has 0 unspecified atom stereocenters. The van der Waals surface area contributed by atoms with Crippen LogP contribution in [0.25, 0.3) is 0 Å². The molecule has 0 saturated heterocycles. The third kappa shape index (κ3) is 3.64. The van der Waals surface area contributed by atoms with E-state index < -0.39 is 10.0 Å². The molecule has 0 fully saturated rings. The van der Waals surface area contributed by atoms with Gasteiger partial charge in [0.05, 0.1) is 5.75 Å². The second kappa shape index (κ2) is 4.77. The summed E-state index contributed by atoms with van der Waals surface area (Å²) in [6.07, 6.45) is 0.570. The summed E-state index contributed by atoms with van der Waals surface area (Å²) in [4.78, 5) is 0. The van der Waals surface area contributed by atoms with Crippen LogP contribution in [0.3, 0.4) is 0 Å². The van der Waals surface area contributed by atoms with Gasteiger partial charge in [-0.3, -0.25) is 0 Å². The van der Waals surface area contributed by atoms with Gasteiger partial charge in [0.25, 0.3) is 0 Å². The largest absolute Gasteiger partial charge is 0.213 e. The van der Waals surface area contributed by atoms with E-state index in [4.69, 9.17) is 0 Å². The molecule has 0 radical (unpaired) electrons. The number of nitrogens with zero attached hydrogens (tertiary/aromatic N) is 1. The van der Waals surface area contributed by atoms with Crippen LogP contribution in [0.1, 0.15) is 11.1 Å². The molecule has 4 heteroatoms. The van der Waals surface area contributed by atoms with Crippen LogP contribution in [-0.4, -0.2) is 32.6 Å². The van der Waals surface area contributed by atoms with Crippen molar-refractivity contribution in [2.24, 2.45) is 0 Å². The van der Waals surface area contributed by atoms with Crippen molar-refractivity contribution >= 4 is 10.0 Å². The lowest BCUT2D eigenvalue weighted by Gasteiger charge is -2.10. The molecular weight excluding hydrogens is 210 g/mol. The maximum atomic E-state index is 11.5. The fourth-order valence-corrected chi connectivity index (χ4v) is 2.04. The van der Waals surface area contributed by atoms with Crippen molar-refractivity contribution in [3.05, 3.63) is 35.4 Å². The van der Waals surface area contributed by atoms with Gasteiger partial charge in [-0.15, -0.1) is 0 Å².